The van der Waals surface area contributed by atoms with Gasteiger partial charge in [0.1, 0.15) is 11.5 Å². The van der Waals surface area contributed by atoms with E-state index in [1.54, 1.807) is 7.05 Å². The maximum absolute atomic E-state index is 13.1. The average molecular weight is 324 g/mol. The Morgan fingerprint density at radius 3 is 2.59 bits per heavy atom. The van der Waals surface area contributed by atoms with Crippen LogP contribution in [0.3, 0.4) is 0 Å². The number of nitro groups is 1. The molecule has 0 aliphatic heterocycles. The smallest absolute Gasteiger partial charge is 0.293 e. The van der Waals surface area contributed by atoms with Crippen LogP contribution in [0.25, 0.3) is 0 Å². The molecule has 2 aromatic carbocycles. The molecule has 2 aromatic rings. The van der Waals surface area contributed by atoms with E-state index in [4.69, 9.17) is 11.6 Å². The van der Waals surface area contributed by atoms with Crippen LogP contribution in [0.5, 0.6) is 0 Å². The lowest BCUT2D eigenvalue weighted by Gasteiger charge is -2.07. The number of nitrogens with one attached hydrogen (secondary N) is 2. The monoisotopic (exact) mass is 323 g/mol. The first-order chi connectivity index (χ1) is 10.4. The number of hydrogen-bond acceptors (Lipinski definition) is 4. The van der Waals surface area contributed by atoms with Crippen molar-refractivity contribution in [3.05, 3.63) is 62.9 Å². The third-order valence-electron chi connectivity index (χ3n) is 2.90. The number of benzene rings is 2. The van der Waals surface area contributed by atoms with Gasteiger partial charge in [0.15, 0.2) is 0 Å². The van der Waals surface area contributed by atoms with Crippen molar-refractivity contribution in [3.63, 3.8) is 0 Å². The van der Waals surface area contributed by atoms with Crippen LogP contribution in [0.4, 0.5) is 21.5 Å². The van der Waals surface area contributed by atoms with E-state index in [1.165, 1.54) is 24.3 Å². The van der Waals surface area contributed by atoms with Gasteiger partial charge >= 0.3 is 0 Å². The second-order valence-electron chi connectivity index (χ2n) is 4.32. The summed E-state index contributed by atoms with van der Waals surface area (Å²) in [6.07, 6.45) is 0. The molecule has 0 bridgehead atoms. The highest BCUT2D eigenvalue weighted by Crippen LogP contribution is 2.26. The topological polar surface area (TPSA) is 84.3 Å². The Balaban J connectivity index is 2.27. The summed E-state index contributed by atoms with van der Waals surface area (Å²) in [5.74, 6) is -1.16. The Labute approximate surface area is 130 Å². The number of carbonyl (C=O) groups is 1. The van der Waals surface area contributed by atoms with Gasteiger partial charge in [-0.05, 0) is 30.3 Å². The molecule has 0 atom stereocenters. The van der Waals surface area contributed by atoms with E-state index < -0.39 is 16.6 Å². The van der Waals surface area contributed by atoms with E-state index in [1.807, 2.05) is 0 Å². The molecule has 0 radical (unpaired) electrons. The van der Waals surface area contributed by atoms with Gasteiger partial charge in [-0.1, -0.05) is 11.6 Å². The van der Waals surface area contributed by atoms with Gasteiger partial charge in [0.05, 0.1) is 9.95 Å². The van der Waals surface area contributed by atoms with Crippen molar-refractivity contribution in [1.82, 2.24) is 0 Å². The predicted molar refractivity (Wildman–Crippen MR) is 82.0 cm³/mol. The number of amides is 1. The number of hydrogen-bond donors (Lipinski definition) is 2. The zero-order chi connectivity index (χ0) is 16.3. The molecule has 114 valence electrons. The highest BCUT2D eigenvalue weighted by molar-refractivity contribution is 6.31. The van der Waals surface area contributed by atoms with Crippen LogP contribution in [0.1, 0.15) is 10.4 Å². The van der Waals surface area contributed by atoms with E-state index in [-0.39, 0.29) is 22.0 Å². The quantitative estimate of drug-likeness (QED) is 0.664. The summed E-state index contributed by atoms with van der Waals surface area (Å²) in [5, 5.41) is 16.0. The predicted octanol–water partition coefficient (Wildman–Crippen LogP) is 3.68. The van der Waals surface area contributed by atoms with E-state index in [2.05, 4.69) is 10.6 Å². The minimum Gasteiger partial charge on any atom is -0.383 e. The zero-order valence-corrected chi connectivity index (χ0v) is 12.1. The number of nitro benzene ring substituents is 1. The second kappa shape index (κ2) is 6.40. The fourth-order valence-corrected chi connectivity index (χ4v) is 1.99. The Morgan fingerprint density at radius 2 is 2.00 bits per heavy atom. The summed E-state index contributed by atoms with van der Waals surface area (Å²) in [6, 6.07) is 7.75. The van der Waals surface area contributed by atoms with E-state index in [0.29, 0.717) is 5.69 Å². The fraction of sp³-hybridized carbons (Fsp3) is 0.0714. The van der Waals surface area contributed by atoms with Crippen LogP contribution < -0.4 is 10.6 Å². The molecule has 8 heteroatoms. The first-order valence-corrected chi connectivity index (χ1v) is 6.52. The zero-order valence-electron chi connectivity index (χ0n) is 11.4. The molecule has 0 fully saturated rings. The van der Waals surface area contributed by atoms with E-state index >= 15 is 0 Å². The summed E-state index contributed by atoms with van der Waals surface area (Å²) in [7, 11) is 1.54. The molecular formula is C14H11ClFN3O3. The molecule has 2 N–H and O–H groups in total. The van der Waals surface area contributed by atoms with Crippen molar-refractivity contribution < 1.29 is 14.1 Å². The number of nitrogens with zero attached hydrogens (tertiary/aromatic N) is 1. The highest BCUT2D eigenvalue weighted by Gasteiger charge is 2.17. The van der Waals surface area contributed by atoms with Gasteiger partial charge in [-0.25, -0.2) is 4.39 Å². The van der Waals surface area contributed by atoms with Gasteiger partial charge in [-0.2, -0.15) is 0 Å². The summed E-state index contributed by atoms with van der Waals surface area (Å²) in [4.78, 5) is 22.5. The molecule has 0 spiro atoms. The van der Waals surface area contributed by atoms with Gasteiger partial charge in [-0.3, -0.25) is 14.9 Å². The average Bonchev–Trinajstić information content (AvgIpc) is 2.50. The van der Waals surface area contributed by atoms with Gasteiger partial charge in [0, 0.05) is 24.4 Å². The Hall–Kier alpha value is -2.67. The molecular weight excluding hydrogens is 313 g/mol. The van der Waals surface area contributed by atoms with Gasteiger partial charge in [-0.15, -0.1) is 0 Å². The summed E-state index contributed by atoms with van der Waals surface area (Å²) < 4.78 is 13.1. The van der Waals surface area contributed by atoms with Crippen molar-refractivity contribution in [2.45, 2.75) is 0 Å². The molecule has 0 aliphatic rings. The van der Waals surface area contributed by atoms with Crippen LogP contribution in [-0.4, -0.2) is 17.9 Å². The van der Waals surface area contributed by atoms with Crippen molar-refractivity contribution in [1.29, 1.82) is 0 Å². The molecule has 0 saturated heterocycles. The van der Waals surface area contributed by atoms with Crippen molar-refractivity contribution in [2.75, 3.05) is 17.7 Å². The molecule has 0 aliphatic carbocycles. The molecule has 22 heavy (non-hydrogen) atoms. The summed E-state index contributed by atoms with van der Waals surface area (Å²) in [5.41, 5.74) is 0.474. The first kappa shape index (κ1) is 15.7. The summed E-state index contributed by atoms with van der Waals surface area (Å²) >= 11 is 5.63. The van der Waals surface area contributed by atoms with Crippen LogP contribution >= 0.6 is 11.6 Å². The number of halogens is 2. The Kier molecular flexibility index (Phi) is 4.57. The van der Waals surface area contributed by atoms with Gasteiger partial charge < -0.3 is 10.6 Å². The van der Waals surface area contributed by atoms with Crippen molar-refractivity contribution in [3.8, 4) is 0 Å². The Morgan fingerprint density at radius 1 is 1.27 bits per heavy atom. The van der Waals surface area contributed by atoms with Gasteiger partial charge in [0.25, 0.3) is 11.6 Å². The maximum Gasteiger partial charge on any atom is 0.293 e. The minimum absolute atomic E-state index is 0.103. The molecule has 0 aromatic heterocycles. The number of anilines is 2. The minimum atomic E-state index is -0.603. The lowest BCUT2D eigenvalue weighted by atomic mass is 10.1. The van der Waals surface area contributed by atoms with Crippen LogP contribution in [0, 0.1) is 15.9 Å². The summed E-state index contributed by atoms with van der Waals surface area (Å²) in [6.45, 7) is 0. The van der Waals surface area contributed by atoms with Crippen molar-refractivity contribution in [2.24, 2.45) is 0 Å². The molecule has 0 unspecified atom stereocenters. The SMILES string of the molecule is CNc1ccc(C(=O)Nc2ccc(F)c(Cl)c2)cc1[N+](=O)[O-]. The third-order valence-corrected chi connectivity index (χ3v) is 3.19. The molecule has 1 amide bonds. The molecule has 6 nitrogen and oxygen atoms in total. The maximum atomic E-state index is 13.1. The standard InChI is InChI=1S/C14H11ClFN3O3/c1-17-12-5-2-8(6-13(12)19(21)22)14(20)18-9-3-4-11(16)10(15)7-9/h2-7,17H,1H3,(H,18,20). The lowest BCUT2D eigenvalue weighted by molar-refractivity contribution is -0.384. The first-order valence-electron chi connectivity index (χ1n) is 6.15. The normalized spacial score (nSPS) is 10.1. The van der Waals surface area contributed by atoms with Gasteiger partial charge in [0.2, 0.25) is 0 Å². The van der Waals surface area contributed by atoms with E-state index in [0.717, 1.165) is 12.1 Å². The highest BCUT2D eigenvalue weighted by atomic mass is 35.5. The van der Waals surface area contributed by atoms with Crippen LogP contribution in [-0.2, 0) is 0 Å². The lowest BCUT2D eigenvalue weighted by Crippen LogP contribution is -2.12. The third kappa shape index (κ3) is 3.32. The molecule has 2 rings (SSSR count). The fourth-order valence-electron chi connectivity index (χ4n) is 1.81. The molecule has 0 saturated carbocycles. The second-order valence-corrected chi connectivity index (χ2v) is 4.73. The number of rotatable bonds is 4. The largest absolute Gasteiger partial charge is 0.383 e. The Bertz CT molecular complexity index is 752. The van der Waals surface area contributed by atoms with Crippen molar-refractivity contribution >= 4 is 34.6 Å². The molecule has 0 heterocycles. The van der Waals surface area contributed by atoms with Crippen LogP contribution in [0.2, 0.25) is 5.02 Å². The van der Waals surface area contributed by atoms with Crippen LogP contribution in [0.15, 0.2) is 36.4 Å². The van der Waals surface area contributed by atoms with E-state index in [9.17, 15) is 19.3 Å². The number of carbonyl (C=O) groups excluding carboxylic acids is 1.